The summed E-state index contributed by atoms with van der Waals surface area (Å²) in [5.41, 5.74) is -1.04. The van der Waals surface area contributed by atoms with Gasteiger partial charge in [0.1, 0.15) is 0 Å². The maximum Gasteiger partial charge on any atom is 0.309 e. The molecular weight excluding hydrogens is 389 g/mol. The Morgan fingerprint density at radius 3 is 2.67 bits per heavy atom. The summed E-state index contributed by atoms with van der Waals surface area (Å²) in [6.07, 6.45) is -2.95. The molecule has 0 unspecified atom stereocenters. The van der Waals surface area contributed by atoms with Crippen LogP contribution in [0.4, 0.5) is 14.5 Å². The lowest BCUT2D eigenvalue weighted by Crippen LogP contribution is -2.04. The molecule has 0 saturated heterocycles. The molecule has 4 nitrogen and oxygen atoms in total. The maximum atomic E-state index is 12.5. The Hall–Kier alpha value is -0.380. The Balaban J connectivity index is 3.42. The van der Waals surface area contributed by atoms with Crippen molar-refractivity contribution in [1.29, 1.82) is 0 Å². The van der Waals surface area contributed by atoms with Crippen molar-refractivity contribution >= 4 is 44.2 Å². The molecule has 0 aliphatic heterocycles. The minimum atomic E-state index is -2.95. The maximum absolute atomic E-state index is 12.5. The molecule has 0 aliphatic rings. The highest BCUT2D eigenvalue weighted by atomic mass is 127. The zero-order chi connectivity index (χ0) is 11.6. The van der Waals surface area contributed by atoms with Crippen molar-refractivity contribution < 1.29 is 13.7 Å². The Bertz CT molecular complexity index is 403. The minimum Gasteiger partial charge on any atom is -0.258 e. The van der Waals surface area contributed by atoms with Gasteiger partial charge in [-0.25, -0.2) is 13.8 Å². The molecule has 1 rings (SSSR count). The van der Waals surface area contributed by atoms with E-state index in [2.05, 4.69) is 20.9 Å². The van der Waals surface area contributed by atoms with E-state index >= 15 is 0 Å². The van der Waals surface area contributed by atoms with Crippen LogP contribution in [0.25, 0.3) is 0 Å². The van der Waals surface area contributed by atoms with E-state index in [0.29, 0.717) is 5.69 Å². The van der Waals surface area contributed by atoms with Gasteiger partial charge in [-0.2, -0.15) is 0 Å². The zero-order valence-electron chi connectivity index (χ0n) is 7.08. The fourth-order valence-corrected chi connectivity index (χ4v) is 2.10. The van der Waals surface area contributed by atoms with Gasteiger partial charge in [-0.1, -0.05) is 15.9 Å². The van der Waals surface area contributed by atoms with Crippen molar-refractivity contribution in [2.24, 2.45) is 0 Å². The summed E-state index contributed by atoms with van der Waals surface area (Å²) < 4.78 is 25.2. The van der Waals surface area contributed by atoms with Crippen LogP contribution in [0.3, 0.4) is 0 Å². The van der Waals surface area contributed by atoms with Gasteiger partial charge in [0.2, 0.25) is 0 Å². The van der Waals surface area contributed by atoms with Crippen molar-refractivity contribution in [1.82, 2.24) is 4.98 Å². The summed E-state index contributed by atoms with van der Waals surface area (Å²) in [6, 6.07) is 1.40. The number of pyridine rings is 1. The highest BCUT2D eigenvalue weighted by Gasteiger charge is 2.27. The van der Waals surface area contributed by atoms with Gasteiger partial charge < -0.3 is 0 Å². The van der Waals surface area contributed by atoms with E-state index in [1.54, 1.807) is 22.6 Å². The van der Waals surface area contributed by atoms with Crippen molar-refractivity contribution in [3.63, 3.8) is 0 Å². The Morgan fingerprint density at radius 2 is 2.27 bits per heavy atom. The molecule has 0 aromatic carbocycles. The zero-order valence-corrected chi connectivity index (χ0v) is 10.8. The topological polar surface area (TPSA) is 56.0 Å². The van der Waals surface area contributed by atoms with Gasteiger partial charge in [0.25, 0.3) is 6.43 Å². The molecular formula is C7H4BrF2IN2O2. The van der Waals surface area contributed by atoms with Crippen LogP contribution in [-0.4, -0.2) is 9.91 Å². The summed E-state index contributed by atoms with van der Waals surface area (Å²) in [7, 11) is 0. The summed E-state index contributed by atoms with van der Waals surface area (Å²) in [6.45, 7) is 0. The molecule has 0 bridgehead atoms. The predicted molar refractivity (Wildman–Crippen MR) is 61.2 cm³/mol. The van der Waals surface area contributed by atoms with E-state index in [4.69, 9.17) is 0 Å². The van der Waals surface area contributed by atoms with Crippen LogP contribution in [0.15, 0.2) is 6.07 Å². The van der Waals surface area contributed by atoms with Gasteiger partial charge in [-0.3, -0.25) is 10.1 Å². The fraction of sp³-hybridized carbons (Fsp3) is 0.286. The van der Waals surface area contributed by atoms with Crippen molar-refractivity contribution in [2.45, 2.75) is 11.8 Å². The first-order valence-corrected chi connectivity index (χ1v) is 5.85. The molecule has 1 aromatic heterocycles. The largest absolute Gasteiger partial charge is 0.309 e. The predicted octanol–water partition coefficient (Wildman–Crippen LogP) is 3.43. The highest BCUT2D eigenvalue weighted by molar-refractivity contribution is 14.1. The van der Waals surface area contributed by atoms with Gasteiger partial charge >= 0.3 is 5.69 Å². The Morgan fingerprint density at radius 1 is 1.67 bits per heavy atom. The smallest absolute Gasteiger partial charge is 0.258 e. The van der Waals surface area contributed by atoms with Crippen molar-refractivity contribution in [3.8, 4) is 0 Å². The van der Waals surface area contributed by atoms with E-state index in [1.165, 1.54) is 6.07 Å². The molecule has 1 aromatic rings. The second kappa shape index (κ2) is 5.10. The van der Waals surface area contributed by atoms with Crippen LogP contribution in [0.1, 0.15) is 17.8 Å². The lowest BCUT2D eigenvalue weighted by molar-refractivity contribution is -0.387. The molecule has 1 heterocycles. The number of hydrogen-bond acceptors (Lipinski definition) is 3. The second-order valence-electron chi connectivity index (χ2n) is 2.52. The molecule has 0 amide bonds. The normalized spacial score (nSPS) is 10.7. The molecule has 8 heteroatoms. The first kappa shape index (κ1) is 12.7. The van der Waals surface area contributed by atoms with Crippen LogP contribution in [0.2, 0.25) is 0 Å². The third-order valence-corrected chi connectivity index (χ3v) is 2.95. The fourth-order valence-electron chi connectivity index (χ4n) is 0.978. The van der Waals surface area contributed by atoms with Crippen LogP contribution in [0.5, 0.6) is 0 Å². The summed E-state index contributed by atoms with van der Waals surface area (Å²) >= 11 is 4.70. The molecule has 82 valence electrons. The molecule has 0 saturated carbocycles. The first-order chi connectivity index (χ1) is 6.97. The molecule has 0 radical (unpaired) electrons. The highest BCUT2D eigenvalue weighted by Crippen LogP contribution is 2.32. The second-order valence-corrected chi connectivity index (χ2v) is 4.24. The average Bonchev–Trinajstić information content (AvgIpc) is 2.15. The lowest BCUT2D eigenvalue weighted by Gasteiger charge is -2.04. The van der Waals surface area contributed by atoms with E-state index in [-0.39, 0.29) is 8.90 Å². The molecule has 0 spiro atoms. The van der Waals surface area contributed by atoms with Gasteiger partial charge in [0, 0.05) is 5.33 Å². The average molecular weight is 393 g/mol. The lowest BCUT2D eigenvalue weighted by atomic mass is 10.2. The Kier molecular flexibility index (Phi) is 4.32. The molecule has 15 heavy (non-hydrogen) atoms. The number of aromatic nitrogens is 1. The number of rotatable bonds is 3. The minimum absolute atomic E-state index is 0.164. The monoisotopic (exact) mass is 392 g/mol. The number of halogens is 4. The first-order valence-electron chi connectivity index (χ1n) is 3.65. The van der Waals surface area contributed by atoms with Crippen LogP contribution < -0.4 is 0 Å². The van der Waals surface area contributed by atoms with E-state index in [0.717, 1.165) is 0 Å². The van der Waals surface area contributed by atoms with E-state index < -0.39 is 22.7 Å². The van der Waals surface area contributed by atoms with Gasteiger partial charge in [-0.05, 0) is 28.7 Å². The summed E-state index contributed by atoms with van der Waals surface area (Å²) in [5, 5.41) is 10.8. The van der Waals surface area contributed by atoms with Gasteiger partial charge in [0.15, 0.2) is 5.69 Å². The third kappa shape index (κ3) is 2.80. The number of nitrogens with zero attached hydrogens (tertiary/aromatic N) is 2. The Labute approximate surface area is 105 Å². The molecule has 0 atom stereocenters. The SMILES string of the molecule is O=[N+]([O-])c1c(I)cc(CBr)nc1C(F)F. The van der Waals surface area contributed by atoms with Crippen molar-refractivity contribution in [3.05, 3.63) is 31.1 Å². The van der Waals surface area contributed by atoms with E-state index in [1.807, 2.05) is 0 Å². The van der Waals surface area contributed by atoms with Crippen LogP contribution in [0, 0.1) is 13.7 Å². The van der Waals surface area contributed by atoms with Crippen molar-refractivity contribution in [2.75, 3.05) is 0 Å². The van der Waals surface area contributed by atoms with Crippen LogP contribution in [-0.2, 0) is 5.33 Å². The van der Waals surface area contributed by atoms with E-state index in [9.17, 15) is 18.9 Å². The number of hydrogen-bond donors (Lipinski definition) is 0. The number of alkyl halides is 3. The molecule has 0 aliphatic carbocycles. The molecule has 0 fully saturated rings. The standard InChI is InChI=1S/C7H4BrF2IN2O2/c8-2-3-1-4(11)6(13(14)15)5(12-3)7(9)10/h1,7H,2H2. The third-order valence-electron chi connectivity index (χ3n) is 1.55. The quantitative estimate of drug-likeness (QED) is 0.343. The summed E-state index contributed by atoms with van der Waals surface area (Å²) in [4.78, 5) is 13.3. The molecule has 0 N–H and O–H groups in total. The van der Waals surface area contributed by atoms with Gasteiger partial charge in [-0.15, -0.1) is 0 Å². The van der Waals surface area contributed by atoms with Gasteiger partial charge in [0.05, 0.1) is 14.2 Å². The van der Waals surface area contributed by atoms with Crippen LogP contribution >= 0.6 is 38.5 Å². The number of nitro groups is 1. The summed E-state index contributed by atoms with van der Waals surface area (Å²) in [5.74, 6) is 0.